The maximum Gasteiger partial charge on any atom is 0.402 e. The van der Waals surface area contributed by atoms with Crippen molar-refractivity contribution in [3.8, 4) is 5.75 Å². The number of thiophene rings is 1. The summed E-state index contributed by atoms with van der Waals surface area (Å²) >= 11 is 1.29. The quantitative estimate of drug-likeness (QED) is 0.767. The minimum atomic E-state index is -4.63. The number of rotatable bonds is 6. The molecule has 4 nitrogen and oxygen atoms in total. The minimum absolute atomic E-state index is 0.194. The van der Waals surface area contributed by atoms with Crippen molar-refractivity contribution in [3.63, 3.8) is 0 Å². The Balaban J connectivity index is 2.40. The summed E-state index contributed by atoms with van der Waals surface area (Å²) in [6.07, 6.45) is -4.63. The van der Waals surface area contributed by atoms with Crippen LogP contribution in [0.15, 0.2) is 39.9 Å². The minimum Gasteiger partial charge on any atom is -0.496 e. The summed E-state index contributed by atoms with van der Waals surface area (Å²) in [6, 6.07) is 5.59. The van der Waals surface area contributed by atoms with E-state index in [1.807, 2.05) is 0 Å². The van der Waals surface area contributed by atoms with Gasteiger partial charge in [0.05, 0.1) is 12.0 Å². The first kappa shape index (κ1) is 18.8. The molecule has 0 atom stereocenters. The van der Waals surface area contributed by atoms with Crippen LogP contribution in [0.2, 0.25) is 0 Å². The molecule has 0 amide bonds. The average molecular weight is 379 g/mol. The van der Waals surface area contributed by atoms with Crippen LogP contribution in [0.1, 0.15) is 11.1 Å². The third kappa shape index (κ3) is 4.49. The Morgan fingerprint density at radius 3 is 2.46 bits per heavy atom. The second-order valence-electron chi connectivity index (χ2n) is 5.15. The van der Waals surface area contributed by atoms with Gasteiger partial charge in [0.1, 0.15) is 12.3 Å². The highest BCUT2D eigenvalue weighted by Gasteiger charge is 2.37. The Kier molecular flexibility index (Phi) is 5.56. The van der Waals surface area contributed by atoms with E-state index in [4.69, 9.17) is 4.74 Å². The number of hydrogen-bond acceptors (Lipinski definition) is 4. The lowest BCUT2D eigenvalue weighted by atomic mass is 10.2. The Bertz CT molecular complexity index is 787. The first-order chi connectivity index (χ1) is 11.1. The van der Waals surface area contributed by atoms with E-state index < -0.39 is 22.7 Å². The molecule has 2 aromatic rings. The van der Waals surface area contributed by atoms with Gasteiger partial charge in [0, 0.05) is 6.54 Å². The van der Waals surface area contributed by atoms with Crippen LogP contribution in [0.5, 0.6) is 5.75 Å². The highest BCUT2D eigenvalue weighted by atomic mass is 32.2. The topological polar surface area (TPSA) is 46.6 Å². The zero-order chi connectivity index (χ0) is 18.0. The number of alkyl halides is 3. The molecule has 0 saturated carbocycles. The summed E-state index contributed by atoms with van der Waals surface area (Å²) in [4.78, 5) is -0.194. The van der Waals surface area contributed by atoms with Gasteiger partial charge < -0.3 is 4.74 Å². The van der Waals surface area contributed by atoms with E-state index in [1.54, 1.807) is 23.8 Å². The summed E-state index contributed by atoms with van der Waals surface area (Å²) in [6.45, 7) is -0.252. The van der Waals surface area contributed by atoms with Crippen molar-refractivity contribution < 1.29 is 26.3 Å². The molecule has 0 aliphatic rings. The van der Waals surface area contributed by atoms with E-state index in [-0.39, 0.29) is 11.4 Å². The predicted molar refractivity (Wildman–Crippen MR) is 85.7 cm³/mol. The van der Waals surface area contributed by atoms with Gasteiger partial charge in [0.2, 0.25) is 10.0 Å². The second-order valence-corrected chi connectivity index (χ2v) is 7.87. The maximum atomic E-state index is 12.9. The molecule has 0 unspecified atom stereocenters. The normalized spacial score (nSPS) is 12.6. The molecule has 0 aliphatic carbocycles. The van der Waals surface area contributed by atoms with E-state index in [2.05, 4.69) is 0 Å². The van der Waals surface area contributed by atoms with E-state index >= 15 is 0 Å². The zero-order valence-corrected chi connectivity index (χ0v) is 14.6. The monoisotopic (exact) mass is 379 g/mol. The Morgan fingerprint density at radius 2 is 1.96 bits per heavy atom. The molecule has 2 rings (SSSR count). The van der Waals surface area contributed by atoms with Crippen molar-refractivity contribution >= 4 is 21.4 Å². The van der Waals surface area contributed by atoms with E-state index in [0.29, 0.717) is 21.2 Å². The lowest BCUT2D eigenvalue weighted by Gasteiger charge is -2.23. The van der Waals surface area contributed by atoms with Crippen LogP contribution < -0.4 is 4.74 Å². The largest absolute Gasteiger partial charge is 0.496 e. The summed E-state index contributed by atoms with van der Waals surface area (Å²) < 4.78 is 69.4. The molecule has 0 spiro atoms. The van der Waals surface area contributed by atoms with Crippen molar-refractivity contribution in [2.75, 3.05) is 13.7 Å². The van der Waals surface area contributed by atoms with E-state index in [9.17, 15) is 21.6 Å². The van der Waals surface area contributed by atoms with Gasteiger partial charge in [-0.25, -0.2) is 8.42 Å². The second kappa shape index (κ2) is 7.12. The van der Waals surface area contributed by atoms with Crippen molar-refractivity contribution in [1.82, 2.24) is 4.31 Å². The molecule has 132 valence electrons. The van der Waals surface area contributed by atoms with Crippen LogP contribution in [-0.2, 0) is 16.6 Å². The molecule has 0 N–H and O–H groups in total. The molecular weight excluding hydrogens is 363 g/mol. The Morgan fingerprint density at radius 1 is 1.25 bits per heavy atom. The Labute approximate surface area is 142 Å². The number of hydrogen-bond donors (Lipinski definition) is 0. The first-order valence-electron chi connectivity index (χ1n) is 6.86. The number of ether oxygens (including phenoxy) is 1. The number of methoxy groups -OCH3 is 1. The molecule has 1 aromatic heterocycles. The first-order valence-corrected chi connectivity index (χ1v) is 9.24. The van der Waals surface area contributed by atoms with Gasteiger partial charge in [-0.05, 0) is 53.1 Å². The molecule has 0 saturated heterocycles. The molecular formula is C15H16F3NO3S2. The molecule has 1 heterocycles. The smallest absolute Gasteiger partial charge is 0.402 e. The highest BCUT2D eigenvalue weighted by Crippen LogP contribution is 2.28. The Hall–Kier alpha value is -1.58. The molecule has 0 bridgehead atoms. The SMILES string of the molecule is COc1ccc(S(=O)(=O)N(Cc2ccsc2)CC(F)(F)F)cc1C. The fourth-order valence-corrected chi connectivity index (χ4v) is 4.33. The molecule has 0 aliphatic heterocycles. The molecule has 24 heavy (non-hydrogen) atoms. The van der Waals surface area contributed by atoms with Crippen molar-refractivity contribution in [3.05, 3.63) is 46.2 Å². The summed E-state index contributed by atoms with van der Waals surface area (Å²) in [5, 5.41) is 3.31. The number of nitrogens with zero attached hydrogens (tertiary/aromatic N) is 1. The number of aryl methyl sites for hydroxylation is 1. The van der Waals surface area contributed by atoms with Crippen LogP contribution >= 0.6 is 11.3 Å². The third-order valence-electron chi connectivity index (χ3n) is 3.30. The number of benzene rings is 1. The van der Waals surface area contributed by atoms with Crippen LogP contribution in [0.25, 0.3) is 0 Å². The number of sulfonamides is 1. The van der Waals surface area contributed by atoms with Gasteiger partial charge in [-0.3, -0.25) is 0 Å². The van der Waals surface area contributed by atoms with Gasteiger partial charge in [-0.2, -0.15) is 28.8 Å². The van der Waals surface area contributed by atoms with Crippen LogP contribution in [0, 0.1) is 6.92 Å². The van der Waals surface area contributed by atoms with Crippen molar-refractivity contribution in [1.29, 1.82) is 0 Å². The van der Waals surface area contributed by atoms with Gasteiger partial charge in [0.25, 0.3) is 0 Å². The van der Waals surface area contributed by atoms with E-state index in [0.717, 1.165) is 0 Å². The summed E-state index contributed by atoms with van der Waals surface area (Å²) in [5.74, 6) is 0.467. The van der Waals surface area contributed by atoms with E-state index in [1.165, 1.54) is 36.6 Å². The van der Waals surface area contributed by atoms with Gasteiger partial charge in [-0.1, -0.05) is 0 Å². The fraction of sp³-hybridized carbons (Fsp3) is 0.333. The third-order valence-corrected chi connectivity index (χ3v) is 5.82. The van der Waals surface area contributed by atoms with Crippen molar-refractivity contribution in [2.45, 2.75) is 24.5 Å². The van der Waals surface area contributed by atoms with Gasteiger partial charge in [-0.15, -0.1) is 0 Å². The van der Waals surface area contributed by atoms with Gasteiger partial charge in [0.15, 0.2) is 0 Å². The molecule has 9 heteroatoms. The standard InChI is InChI=1S/C15H16F3NO3S2/c1-11-7-13(3-4-14(11)22-2)24(20,21)19(10-15(16,17)18)8-12-5-6-23-9-12/h3-7,9H,8,10H2,1-2H3. The predicted octanol–water partition coefficient (Wildman–Crippen LogP) is 3.82. The summed E-state index contributed by atoms with van der Waals surface area (Å²) in [5.41, 5.74) is 1.04. The maximum absolute atomic E-state index is 12.9. The lowest BCUT2D eigenvalue weighted by molar-refractivity contribution is -0.136. The molecule has 0 radical (unpaired) electrons. The van der Waals surface area contributed by atoms with Gasteiger partial charge >= 0.3 is 6.18 Å². The molecule has 1 aromatic carbocycles. The van der Waals surface area contributed by atoms with Crippen LogP contribution in [0.4, 0.5) is 13.2 Å². The summed E-state index contributed by atoms with van der Waals surface area (Å²) in [7, 11) is -2.86. The lowest BCUT2D eigenvalue weighted by Crippen LogP contribution is -2.38. The average Bonchev–Trinajstić information content (AvgIpc) is 2.98. The zero-order valence-electron chi connectivity index (χ0n) is 13.0. The van der Waals surface area contributed by atoms with Crippen LogP contribution in [0.3, 0.4) is 0 Å². The molecule has 0 fully saturated rings. The van der Waals surface area contributed by atoms with Crippen molar-refractivity contribution in [2.24, 2.45) is 0 Å². The number of halogens is 3. The highest BCUT2D eigenvalue weighted by molar-refractivity contribution is 7.89. The fourth-order valence-electron chi connectivity index (χ4n) is 2.17. The van der Waals surface area contributed by atoms with Crippen LogP contribution in [-0.4, -0.2) is 32.6 Å².